The lowest BCUT2D eigenvalue weighted by Crippen LogP contribution is -2.14. The van der Waals surface area contributed by atoms with Gasteiger partial charge in [0.05, 0.1) is 10.5 Å². The van der Waals surface area contributed by atoms with Gasteiger partial charge < -0.3 is 14.8 Å². The predicted octanol–water partition coefficient (Wildman–Crippen LogP) is 2.95. The van der Waals surface area contributed by atoms with Crippen molar-refractivity contribution < 1.29 is 19.2 Å². The Labute approximate surface area is 156 Å². The summed E-state index contributed by atoms with van der Waals surface area (Å²) >= 11 is 0. The fourth-order valence-electron chi connectivity index (χ4n) is 2.50. The number of rotatable bonds is 4. The highest BCUT2D eigenvalue weighted by molar-refractivity contribution is 6.11. The first kappa shape index (κ1) is 18.3. The number of fused-ring (bicyclic) bond motifs is 1. The number of hydrogen-bond donors (Lipinski definition) is 2. The first-order valence-electron chi connectivity index (χ1n) is 7.83. The van der Waals surface area contributed by atoms with Crippen LogP contribution in [0.2, 0.25) is 0 Å². The van der Waals surface area contributed by atoms with Crippen LogP contribution in [0.25, 0.3) is 17.0 Å². The largest absolute Gasteiger partial charge is 0.507 e. The molecule has 0 radical (unpaired) electrons. The zero-order valence-electron chi connectivity index (χ0n) is 14.1. The van der Waals surface area contributed by atoms with Crippen molar-refractivity contribution in [2.24, 2.45) is 0 Å². The van der Waals surface area contributed by atoms with Crippen molar-refractivity contribution in [1.82, 2.24) is 0 Å². The van der Waals surface area contributed by atoms with Crippen LogP contribution in [0.3, 0.4) is 0 Å². The van der Waals surface area contributed by atoms with Gasteiger partial charge in [0.15, 0.2) is 0 Å². The fourth-order valence-corrected chi connectivity index (χ4v) is 2.50. The number of carbonyl (C=O) groups is 1. The van der Waals surface area contributed by atoms with E-state index in [1.54, 1.807) is 6.07 Å². The summed E-state index contributed by atoms with van der Waals surface area (Å²) in [5.41, 5.74) is -1.59. The maximum absolute atomic E-state index is 12.4. The van der Waals surface area contributed by atoms with Crippen molar-refractivity contribution in [2.75, 3.05) is 5.32 Å². The highest BCUT2D eigenvalue weighted by Gasteiger charge is 2.18. The van der Waals surface area contributed by atoms with E-state index in [9.17, 15) is 30.1 Å². The second-order valence-electron chi connectivity index (χ2n) is 5.57. The van der Waals surface area contributed by atoms with Crippen molar-refractivity contribution in [3.63, 3.8) is 0 Å². The van der Waals surface area contributed by atoms with Crippen LogP contribution in [0.1, 0.15) is 5.56 Å². The molecular formula is C19H11N3O6. The van der Waals surface area contributed by atoms with Gasteiger partial charge in [-0.15, -0.1) is 0 Å². The minimum absolute atomic E-state index is 0.00117. The van der Waals surface area contributed by atoms with Crippen LogP contribution in [0, 0.1) is 21.4 Å². The number of nitriles is 1. The Morgan fingerprint density at radius 3 is 2.64 bits per heavy atom. The van der Waals surface area contributed by atoms with Crippen molar-refractivity contribution in [2.45, 2.75) is 0 Å². The number of nitro benzene ring substituents is 1. The number of phenols is 1. The Morgan fingerprint density at radius 1 is 1.21 bits per heavy atom. The first-order chi connectivity index (χ1) is 13.4. The molecule has 0 atom stereocenters. The monoisotopic (exact) mass is 377 g/mol. The van der Waals surface area contributed by atoms with Crippen molar-refractivity contribution in [3.8, 4) is 11.8 Å². The lowest BCUT2D eigenvalue weighted by molar-refractivity contribution is -0.383. The minimum Gasteiger partial charge on any atom is -0.507 e. The number of anilines is 1. The third kappa shape index (κ3) is 3.56. The lowest BCUT2D eigenvalue weighted by atomic mass is 10.1. The van der Waals surface area contributed by atoms with Gasteiger partial charge in [0.2, 0.25) is 0 Å². The topological polar surface area (TPSA) is 146 Å². The third-order valence-electron chi connectivity index (χ3n) is 3.81. The summed E-state index contributed by atoms with van der Waals surface area (Å²) in [4.78, 5) is 34.3. The molecule has 0 aliphatic rings. The molecule has 9 nitrogen and oxygen atoms in total. The molecule has 1 aromatic heterocycles. The predicted molar refractivity (Wildman–Crippen MR) is 99.5 cm³/mol. The number of nitrogens with one attached hydrogen (secondary N) is 1. The molecule has 0 unspecified atom stereocenters. The standard InChI is InChI=1S/C19H11N3O6/c20-10-12(19(25)21-14-3-1-2-4-15(14)22(26)27)9-13-16(23)7-5-11-6-8-17(24)28-18(11)13/h1-9,23H,(H,21,25)/b12-9+. The summed E-state index contributed by atoms with van der Waals surface area (Å²) in [6, 6.07) is 12.6. The molecule has 3 rings (SSSR count). The number of phenolic OH excluding ortho intramolecular Hbond substituents is 1. The first-order valence-corrected chi connectivity index (χ1v) is 7.83. The van der Waals surface area contributed by atoms with Crippen molar-refractivity contribution in [1.29, 1.82) is 5.26 Å². The molecule has 2 aromatic carbocycles. The number of aromatic hydroxyl groups is 1. The normalized spacial score (nSPS) is 11.0. The number of hydrogen-bond acceptors (Lipinski definition) is 7. The number of benzene rings is 2. The molecule has 28 heavy (non-hydrogen) atoms. The van der Waals surface area contributed by atoms with Crippen molar-refractivity contribution >= 4 is 34.3 Å². The van der Waals surface area contributed by atoms with E-state index < -0.39 is 22.0 Å². The Balaban J connectivity index is 2.05. The van der Waals surface area contributed by atoms with Crippen molar-refractivity contribution in [3.05, 3.63) is 80.2 Å². The van der Waals surface area contributed by atoms with E-state index in [-0.39, 0.29) is 28.3 Å². The highest BCUT2D eigenvalue weighted by atomic mass is 16.6. The fraction of sp³-hybridized carbons (Fsp3) is 0. The van der Waals surface area contributed by atoms with Gasteiger partial charge in [-0.1, -0.05) is 12.1 Å². The second kappa shape index (κ2) is 7.43. The van der Waals surface area contributed by atoms with Gasteiger partial charge >= 0.3 is 5.63 Å². The van der Waals surface area contributed by atoms with Crippen LogP contribution in [0.15, 0.2) is 63.3 Å². The molecular weight excluding hydrogens is 366 g/mol. The number of nitro groups is 1. The molecule has 0 saturated carbocycles. The summed E-state index contributed by atoms with van der Waals surface area (Å²) in [5, 5.41) is 33.3. The van der Waals surface area contributed by atoms with E-state index >= 15 is 0 Å². The van der Waals surface area contributed by atoms with Gasteiger partial charge in [0.25, 0.3) is 11.6 Å². The van der Waals surface area contributed by atoms with Gasteiger partial charge in [-0.05, 0) is 30.3 Å². The molecule has 0 fully saturated rings. The molecule has 0 bridgehead atoms. The maximum Gasteiger partial charge on any atom is 0.336 e. The molecule has 3 aromatic rings. The molecule has 2 N–H and O–H groups in total. The van der Waals surface area contributed by atoms with Gasteiger partial charge in [-0.25, -0.2) is 4.79 Å². The summed E-state index contributed by atoms with van der Waals surface area (Å²) in [6.07, 6.45) is 1.05. The molecule has 138 valence electrons. The number of nitrogens with zero attached hydrogens (tertiary/aromatic N) is 2. The van der Waals surface area contributed by atoms with Gasteiger partial charge in [-0.3, -0.25) is 14.9 Å². The summed E-state index contributed by atoms with van der Waals surface area (Å²) in [7, 11) is 0. The van der Waals surface area contributed by atoms with Gasteiger partial charge in [0, 0.05) is 17.5 Å². The molecule has 1 heterocycles. The Bertz CT molecular complexity index is 1240. The zero-order chi connectivity index (χ0) is 20.3. The molecule has 0 saturated heterocycles. The third-order valence-corrected chi connectivity index (χ3v) is 3.81. The van der Waals surface area contributed by atoms with Crippen LogP contribution in [-0.4, -0.2) is 15.9 Å². The smallest absolute Gasteiger partial charge is 0.336 e. The number of para-hydroxylation sites is 2. The Morgan fingerprint density at radius 2 is 1.93 bits per heavy atom. The van der Waals surface area contributed by atoms with E-state index in [0.717, 1.165) is 6.08 Å². The van der Waals surface area contributed by atoms with E-state index in [1.165, 1.54) is 48.5 Å². The SMILES string of the molecule is N#C/C(=C\c1c(O)ccc2ccc(=O)oc12)C(=O)Nc1ccccc1[N+](=O)[O-]. The van der Waals surface area contributed by atoms with E-state index in [4.69, 9.17) is 4.42 Å². The van der Waals surface area contributed by atoms with Crippen LogP contribution in [0.5, 0.6) is 5.75 Å². The molecule has 0 aliphatic carbocycles. The van der Waals surface area contributed by atoms with E-state index in [0.29, 0.717) is 5.39 Å². The zero-order valence-corrected chi connectivity index (χ0v) is 14.1. The van der Waals surface area contributed by atoms with E-state index in [1.807, 2.05) is 0 Å². The van der Waals surface area contributed by atoms with Crippen LogP contribution >= 0.6 is 0 Å². The summed E-state index contributed by atoms with van der Waals surface area (Å²) in [6.45, 7) is 0. The molecule has 9 heteroatoms. The Kier molecular flexibility index (Phi) is 4.87. The average molecular weight is 377 g/mol. The van der Waals surface area contributed by atoms with Gasteiger partial charge in [-0.2, -0.15) is 5.26 Å². The lowest BCUT2D eigenvalue weighted by Gasteiger charge is -2.07. The highest BCUT2D eigenvalue weighted by Crippen LogP contribution is 2.29. The Hall–Kier alpha value is -4.45. The van der Waals surface area contributed by atoms with Gasteiger partial charge in [0.1, 0.15) is 28.7 Å². The molecule has 0 aliphatic heterocycles. The minimum atomic E-state index is -0.925. The number of amides is 1. The van der Waals surface area contributed by atoms with Crippen LogP contribution in [-0.2, 0) is 4.79 Å². The average Bonchev–Trinajstić information content (AvgIpc) is 2.67. The molecule has 1 amide bonds. The summed E-state index contributed by atoms with van der Waals surface area (Å²) < 4.78 is 5.08. The van der Waals surface area contributed by atoms with Crippen LogP contribution in [0.4, 0.5) is 11.4 Å². The summed E-state index contributed by atoms with van der Waals surface area (Å²) in [5.74, 6) is -1.24. The van der Waals surface area contributed by atoms with Crippen LogP contribution < -0.4 is 10.9 Å². The second-order valence-corrected chi connectivity index (χ2v) is 5.57. The number of carbonyl (C=O) groups excluding carboxylic acids is 1. The maximum atomic E-state index is 12.4. The molecule has 0 spiro atoms. The van der Waals surface area contributed by atoms with E-state index in [2.05, 4.69) is 5.32 Å². The quantitative estimate of drug-likeness (QED) is 0.233.